The van der Waals surface area contributed by atoms with E-state index in [1.54, 1.807) is 31.5 Å². The van der Waals surface area contributed by atoms with Crippen molar-refractivity contribution in [2.45, 2.75) is 6.92 Å². The van der Waals surface area contributed by atoms with Crippen molar-refractivity contribution in [1.82, 2.24) is 4.98 Å². The quantitative estimate of drug-likeness (QED) is 0.426. The number of hydrogen-bond acceptors (Lipinski definition) is 5. The fourth-order valence-corrected chi connectivity index (χ4v) is 0.961. The highest BCUT2D eigenvalue weighted by Crippen LogP contribution is 2.06. The molecule has 1 rings (SSSR count). The fourth-order valence-electron chi connectivity index (χ4n) is 0.961. The number of ether oxygens (including phenoxy) is 1. The van der Waals surface area contributed by atoms with E-state index in [4.69, 9.17) is 10.6 Å². The Morgan fingerprint density at radius 3 is 3.07 bits per heavy atom. The molecule has 0 amide bonds. The van der Waals surface area contributed by atoms with Crippen LogP contribution in [0.4, 0.5) is 5.69 Å². The van der Waals surface area contributed by atoms with Gasteiger partial charge >= 0.3 is 5.97 Å². The molecule has 1 aromatic heterocycles. The van der Waals surface area contributed by atoms with Crippen LogP contribution in [-0.2, 0) is 9.53 Å². The number of pyridine rings is 1. The number of hydrogen-bond donors (Lipinski definition) is 1. The molecule has 0 aliphatic heterocycles. The molecule has 0 saturated heterocycles. The Hall–Kier alpha value is -1.62. The minimum absolute atomic E-state index is 0.0273. The molecule has 5 heteroatoms. The Labute approximate surface area is 82.5 Å². The second-order valence-electron chi connectivity index (χ2n) is 2.64. The number of esters is 1. The molecule has 0 saturated carbocycles. The van der Waals surface area contributed by atoms with Gasteiger partial charge in [-0.15, -0.1) is 0 Å². The first kappa shape index (κ1) is 10.5. The van der Waals surface area contributed by atoms with Gasteiger partial charge in [0.1, 0.15) is 6.54 Å². The van der Waals surface area contributed by atoms with Crippen LogP contribution in [0.15, 0.2) is 24.5 Å². The molecule has 0 bridgehead atoms. The molecule has 14 heavy (non-hydrogen) atoms. The molecule has 0 radical (unpaired) electrons. The lowest BCUT2D eigenvalue weighted by molar-refractivity contribution is -0.141. The highest BCUT2D eigenvalue weighted by molar-refractivity contribution is 5.75. The Morgan fingerprint density at radius 1 is 1.71 bits per heavy atom. The lowest BCUT2D eigenvalue weighted by Gasteiger charge is -2.16. The zero-order valence-electron chi connectivity index (χ0n) is 8.01. The van der Waals surface area contributed by atoms with Crippen LogP contribution in [0.5, 0.6) is 0 Å². The fraction of sp³-hybridized carbons (Fsp3) is 0.333. The average molecular weight is 195 g/mol. The maximum Gasteiger partial charge on any atom is 0.327 e. The van der Waals surface area contributed by atoms with Crippen molar-refractivity contribution in [2.24, 2.45) is 5.84 Å². The molecular formula is C9H13N3O2. The number of anilines is 1. The first-order valence-electron chi connectivity index (χ1n) is 4.32. The molecule has 0 unspecified atom stereocenters. The average Bonchev–Trinajstić information content (AvgIpc) is 2.19. The van der Waals surface area contributed by atoms with Crippen molar-refractivity contribution in [3.8, 4) is 0 Å². The number of nitrogens with zero attached hydrogens (tertiary/aromatic N) is 2. The maximum atomic E-state index is 11.1. The van der Waals surface area contributed by atoms with E-state index in [9.17, 15) is 4.79 Å². The van der Waals surface area contributed by atoms with E-state index in [1.165, 1.54) is 5.01 Å². The summed E-state index contributed by atoms with van der Waals surface area (Å²) in [5, 5.41) is 1.30. The van der Waals surface area contributed by atoms with E-state index in [2.05, 4.69) is 4.98 Å². The number of carbonyl (C=O) groups excluding carboxylic acids is 1. The van der Waals surface area contributed by atoms with Gasteiger partial charge in [0.05, 0.1) is 18.5 Å². The first-order chi connectivity index (χ1) is 6.74. The van der Waals surface area contributed by atoms with E-state index in [-0.39, 0.29) is 12.5 Å². The molecule has 0 aliphatic carbocycles. The van der Waals surface area contributed by atoms with E-state index >= 15 is 0 Å². The van der Waals surface area contributed by atoms with Gasteiger partial charge in [-0.2, -0.15) is 0 Å². The molecule has 5 nitrogen and oxygen atoms in total. The van der Waals surface area contributed by atoms with Crippen LogP contribution in [0, 0.1) is 0 Å². The van der Waals surface area contributed by atoms with E-state index in [0.29, 0.717) is 12.3 Å². The molecular weight excluding hydrogens is 182 g/mol. The molecule has 0 aliphatic rings. The predicted octanol–water partition coefficient (Wildman–Crippen LogP) is 0.325. The summed E-state index contributed by atoms with van der Waals surface area (Å²) in [4.78, 5) is 14.9. The molecule has 76 valence electrons. The topological polar surface area (TPSA) is 68.5 Å². The van der Waals surface area contributed by atoms with Gasteiger partial charge in [0, 0.05) is 6.20 Å². The van der Waals surface area contributed by atoms with Crippen molar-refractivity contribution in [2.75, 3.05) is 18.2 Å². The number of hydrazine groups is 1. The predicted molar refractivity (Wildman–Crippen MR) is 52.4 cm³/mol. The Bertz CT molecular complexity index is 289. The summed E-state index contributed by atoms with van der Waals surface area (Å²) >= 11 is 0. The molecule has 0 atom stereocenters. The molecule has 1 heterocycles. The van der Waals surface area contributed by atoms with Gasteiger partial charge in [0.25, 0.3) is 0 Å². The van der Waals surface area contributed by atoms with Crippen molar-refractivity contribution in [3.05, 3.63) is 24.5 Å². The van der Waals surface area contributed by atoms with Gasteiger partial charge in [-0.1, -0.05) is 0 Å². The summed E-state index contributed by atoms with van der Waals surface area (Å²) in [5.41, 5.74) is 0.681. The molecule has 0 aromatic carbocycles. The van der Waals surface area contributed by atoms with Crippen LogP contribution in [0.3, 0.4) is 0 Å². The molecule has 2 N–H and O–H groups in total. The number of rotatable bonds is 4. The molecule has 0 spiro atoms. The van der Waals surface area contributed by atoms with Gasteiger partial charge in [0.15, 0.2) is 0 Å². The normalized spacial score (nSPS) is 9.57. The minimum atomic E-state index is -0.348. The summed E-state index contributed by atoms with van der Waals surface area (Å²) in [6.45, 7) is 2.14. The van der Waals surface area contributed by atoms with Crippen LogP contribution in [0.1, 0.15) is 6.92 Å². The number of nitrogens with two attached hydrogens (primary N) is 1. The molecule has 0 fully saturated rings. The lowest BCUT2D eigenvalue weighted by Crippen LogP contribution is -2.36. The third kappa shape index (κ3) is 3.02. The summed E-state index contributed by atoms with van der Waals surface area (Å²) < 4.78 is 4.75. The van der Waals surface area contributed by atoms with Crippen LogP contribution in [-0.4, -0.2) is 24.1 Å². The zero-order chi connectivity index (χ0) is 10.4. The van der Waals surface area contributed by atoms with E-state index in [1.807, 2.05) is 0 Å². The number of carbonyl (C=O) groups is 1. The standard InChI is InChI=1S/C9H13N3O2/c1-2-14-9(13)7-12(10)8-4-3-5-11-6-8/h3-6H,2,7,10H2,1H3. The Morgan fingerprint density at radius 2 is 2.50 bits per heavy atom. The highest BCUT2D eigenvalue weighted by atomic mass is 16.5. The Kier molecular flexibility index (Phi) is 3.87. The first-order valence-corrected chi connectivity index (χ1v) is 4.32. The van der Waals surface area contributed by atoms with Gasteiger partial charge in [-0.05, 0) is 19.1 Å². The van der Waals surface area contributed by atoms with Crippen molar-refractivity contribution >= 4 is 11.7 Å². The smallest absolute Gasteiger partial charge is 0.327 e. The maximum absolute atomic E-state index is 11.1. The monoisotopic (exact) mass is 195 g/mol. The van der Waals surface area contributed by atoms with E-state index < -0.39 is 0 Å². The summed E-state index contributed by atoms with van der Waals surface area (Å²) in [6.07, 6.45) is 3.22. The third-order valence-electron chi connectivity index (χ3n) is 1.58. The minimum Gasteiger partial charge on any atom is -0.465 e. The van der Waals surface area contributed by atoms with Gasteiger partial charge < -0.3 is 4.74 Å². The van der Waals surface area contributed by atoms with Gasteiger partial charge in [-0.3, -0.25) is 14.8 Å². The van der Waals surface area contributed by atoms with Crippen molar-refractivity contribution < 1.29 is 9.53 Å². The van der Waals surface area contributed by atoms with Gasteiger partial charge in [-0.25, -0.2) is 5.84 Å². The Balaban J connectivity index is 2.50. The third-order valence-corrected chi connectivity index (χ3v) is 1.58. The zero-order valence-corrected chi connectivity index (χ0v) is 8.01. The van der Waals surface area contributed by atoms with Crippen LogP contribution < -0.4 is 10.9 Å². The van der Waals surface area contributed by atoms with Crippen molar-refractivity contribution in [1.29, 1.82) is 0 Å². The highest BCUT2D eigenvalue weighted by Gasteiger charge is 2.07. The van der Waals surface area contributed by atoms with E-state index in [0.717, 1.165) is 0 Å². The van der Waals surface area contributed by atoms with Crippen LogP contribution in [0.25, 0.3) is 0 Å². The lowest BCUT2D eigenvalue weighted by atomic mass is 10.4. The van der Waals surface area contributed by atoms with Crippen molar-refractivity contribution in [3.63, 3.8) is 0 Å². The van der Waals surface area contributed by atoms with Gasteiger partial charge in [0.2, 0.25) is 0 Å². The number of aromatic nitrogens is 1. The second kappa shape index (κ2) is 5.18. The van der Waals surface area contributed by atoms with Crippen LogP contribution in [0.2, 0.25) is 0 Å². The summed E-state index contributed by atoms with van der Waals surface area (Å²) in [5.74, 6) is 5.27. The SMILES string of the molecule is CCOC(=O)CN(N)c1cccnc1. The largest absolute Gasteiger partial charge is 0.465 e. The second-order valence-corrected chi connectivity index (χ2v) is 2.64. The molecule has 1 aromatic rings. The summed E-state index contributed by atoms with van der Waals surface area (Å²) in [7, 11) is 0. The van der Waals surface area contributed by atoms with Crippen LogP contribution >= 0.6 is 0 Å². The summed E-state index contributed by atoms with van der Waals surface area (Å²) in [6, 6.07) is 3.52.